The lowest BCUT2D eigenvalue weighted by Gasteiger charge is -2.27. The topological polar surface area (TPSA) is 26.0 Å². The first kappa shape index (κ1) is 10.8. The monoisotopic (exact) mass is 181 g/mol. The first-order valence-corrected chi connectivity index (χ1v) is 5.54. The van der Waals surface area contributed by atoms with Crippen LogP contribution >= 0.6 is 0 Å². The molecule has 0 spiro atoms. The molecule has 1 aliphatic carbocycles. The molecule has 1 aliphatic rings. The van der Waals surface area contributed by atoms with Crippen molar-refractivity contribution in [2.24, 2.45) is 17.6 Å². The molecule has 0 aromatic rings. The van der Waals surface area contributed by atoms with Crippen LogP contribution in [0.1, 0.15) is 46.5 Å². The zero-order valence-electron chi connectivity index (χ0n) is 9.22. The molecule has 0 saturated heterocycles. The van der Waals surface area contributed by atoms with Crippen molar-refractivity contribution in [3.8, 4) is 0 Å². The summed E-state index contributed by atoms with van der Waals surface area (Å²) < 4.78 is 0. The molecule has 0 aromatic carbocycles. The van der Waals surface area contributed by atoms with E-state index in [0.29, 0.717) is 6.04 Å². The van der Waals surface area contributed by atoms with Crippen molar-refractivity contribution in [2.75, 3.05) is 0 Å². The predicted molar refractivity (Wildman–Crippen MR) is 58.5 cm³/mol. The molecule has 13 heavy (non-hydrogen) atoms. The van der Waals surface area contributed by atoms with E-state index >= 15 is 0 Å². The molecule has 0 aromatic heterocycles. The maximum atomic E-state index is 5.98. The molecule has 0 heterocycles. The SMILES string of the molecule is CCC(N)CC1CC(C)=CC(C)C1. The van der Waals surface area contributed by atoms with Crippen molar-refractivity contribution >= 4 is 0 Å². The van der Waals surface area contributed by atoms with Gasteiger partial charge < -0.3 is 5.73 Å². The fourth-order valence-electron chi connectivity index (χ4n) is 2.46. The lowest BCUT2D eigenvalue weighted by Crippen LogP contribution is -2.24. The highest BCUT2D eigenvalue weighted by atomic mass is 14.6. The minimum absolute atomic E-state index is 0.420. The van der Waals surface area contributed by atoms with E-state index in [-0.39, 0.29) is 0 Å². The van der Waals surface area contributed by atoms with Crippen LogP contribution < -0.4 is 5.73 Å². The van der Waals surface area contributed by atoms with Gasteiger partial charge in [0.15, 0.2) is 0 Å². The van der Waals surface area contributed by atoms with Crippen LogP contribution in [0.15, 0.2) is 11.6 Å². The number of allylic oxidation sites excluding steroid dienone is 2. The summed E-state index contributed by atoms with van der Waals surface area (Å²) in [4.78, 5) is 0. The van der Waals surface area contributed by atoms with Crippen molar-refractivity contribution in [1.29, 1.82) is 0 Å². The van der Waals surface area contributed by atoms with Crippen molar-refractivity contribution < 1.29 is 0 Å². The second-order valence-corrected chi connectivity index (χ2v) is 4.70. The van der Waals surface area contributed by atoms with Crippen molar-refractivity contribution in [3.05, 3.63) is 11.6 Å². The molecule has 0 amide bonds. The summed E-state index contributed by atoms with van der Waals surface area (Å²) in [6, 6.07) is 0.420. The average Bonchev–Trinajstić information content (AvgIpc) is 2.02. The minimum Gasteiger partial charge on any atom is -0.328 e. The van der Waals surface area contributed by atoms with Crippen LogP contribution in [-0.2, 0) is 0 Å². The van der Waals surface area contributed by atoms with Gasteiger partial charge in [0.25, 0.3) is 0 Å². The van der Waals surface area contributed by atoms with E-state index in [0.717, 1.165) is 18.3 Å². The Morgan fingerprint density at radius 3 is 2.85 bits per heavy atom. The van der Waals surface area contributed by atoms with Gasteiger partial charge in [-0.05, 0) is 44.4 Å². The number of hydrogen-bond donors (Lipinski definition) is 1. The summed E-state index contributed by atoms with van der Waals surface area (Å²) in [6.07, 6.45) is 7.36. The normalized spacial score (nSPS) is 31.2. The van der Waals surface area contributed by atoms with E-state index in [9.17, 15) is 0 Å². The van der Waals surface area contributed by atoms with Crippen molar-refractivity contribution in [2.45, 2.75) is 52.5 Å². The van der Waals surface area contributed by atoms with Crippen LogP contribution in [-0.4, -0.2) is 6.04 Å². The Kier molecular flexibility index (Phi) is 3.98. The summed E-state index contributed by atoms with van der Waals surface area (Å²) in [5, 5.41) is 0. The minimum atomic E-state index is 0.420. The number of rotatable bonds is 3. The quantitative estimate of drug-likeness (QED) is 0.665. The van der Waals surface area contributed by atoms with Gasteiger partial charge in [0, 0.05) is 6.04 Å². The summed E-state index contributed by atoms with van der Waals surface area (Å²) in [7, 11) is 0. The molecule has 0 aliphatic heterocycles. The summed E-state index contributed by atoms with van der Waals surface area (Å²) in [5.74, 6) is 1.61. The largest absolute Gasteiger partial charge is 0.328 e. The Morgan fingerprint density at radius 2 is 2.31 bits per heavy atom. The zero-order chi connectivity index (χ0) is 9.84. The third-order valence-corrected chi connectivity index (χ3v) is 3.05. The Labute approximate surface area is 82.4 Å². The molecule has 1 heteroatoms. The molecule has 76 valence electrons. The molecule has 0 radical (unpaired) electrons. The summed E-state index contributed by atoms with van der Waals surface area (Å²) in [6.45, 7) is 6.74. The lowest BCUT2D eigenvalue weighted by molar-refractivity contribution is 0.349. The molecule has 1 nitrogen and oxygen atoms in total. The molecule has 3 atom stereocenters. The standard InChI is InChI=1S/C12H23N/c1-4-12(13)8-11-6-9(2)5-10(3)7-11/h5,9,11-12H,4,6-8,13H2,1-3H3. The van der Waals surface area contributed by atoms with Gasteiger partial charge in [-0.3, -0.25) is 0 Å². The van der Waals surface area contributed by atoms with E-state index in [1.54, 1.807) is 5.57 Å². The summed E-state index contributed by atoms with van der Waals surface area (Å²) >= 11 is 0. The van der Waals surface area contributed by atoms with Crippen LogP contribution in [0.5, 0.6) is 0 Å². The summed E-state index contributed by atoms with van der Waals surface area (Å²) in [5.41, 5.74) is 7.54. The number of hydrogen-bond acceptors (Lipinski definition) is 1. The van der Waals surface area contributed by atoms with Crippen LogP contribution in [0.2, 0.25) is 0 Å². The Hall–Kier alpha value is -0.300. The molecule has 0 saturated carbocycles. The lowest BCUT2D eigenvalue weighted by atomic mass is 9.80. The van der Waals surface area contributed by atoms with Crippen LogP contribution in [0.4, 0.5) is 0 Å². The molecule has 2 N–H and O–H groups in total. The van der Waals surface area contributed by atoms with Gasteiger partial charge in [-0.2, -0.15) is 0 Å². The molecule has 0 fully saturated rings. The Balaban J connectivity index is 2.41. The second kappa shape index (κ2) is 4.80. The molecule has 3 unspecified atom stereocenters. The van der Waals surface area contributed by atoms with E-state index in [4.69, 9.17) is 5.73 Å². The van der Waals surface area contributed by atoms with Gasteiger partial charge in [0.2, 0.25) is 0 Å². The molecule has 1 rings (SSSR count). The van der Waals surface area contributed by atoms with Crippen LogP contribution in [0, 0.1) is 11.8 Å². The zero-order valence-corrected chi connectivity index (χ0v) is 9.22. The Bertz CT molecular complexity index is 184. The van der Waals surface area contributed by atoms with Gasteiger partial charge in [-0.25, -0.2) is 0 Å². The van der Waals surface area contributed by atoms with Gasteiger partial charge in [-0.15, -0.1) is 0 Å². The van der Waals surface area contributed by atoms with E-state index in [2.05, 4.69) is 26.8 Å². The van der Waals surface area contributed by atoms with Gasteiger partial charge in [-0.1, -0.05) is 25.5 Å². The first-order chi connectivity index (χ1) is 6.11. The maximum Gasteiger partial charge on any atom is 0.00389 e. The molecular weight excluding hydrogens is 158 g/mol. The fourth-order valence-corrected chi connectivity index (χ4v) is 2.46. The average molecular weight is 181 g/mol. The van der Waals surface area contributed by atoms with E-state index in [1.807, 2.05) is 0 Å². The third-order valence-electron chi connectivity index (χ3n) is 3.05. The van der Waals surface area contributed by atoms with Crippen molar-refractivity contribution in [3.63, 3.8) is 0 Å². The highest BCUT2D eigenvalue weighted by molar-refractivity contribution is 5.06. The van der Waals surface area contributed by atoms with Crippen molar-refractivity contribution in [1.82, 2.24) is 0 Å². The highest BCUT2D eigenvalue weighted by Crippen LogP contribution is 2.30. The second-order valence-electron chi connectivity index (χ2n) is 4.70. The predicted octanol–water partition coefficient (Wildman–Crippen LogP) is 3.11. The van der Waals surface area contributed by atoms with Gasteiger partial charge in [0.1, 0.15) is 0 Å². The van der Waals surface area contributed by atoms with Crippen LogP contribution in [0.25, 0.3) is 0 Å². The highest BCUT2D eigenvalue weighted by Gasteiger charge is 2.19. The molecule has 0 bridgehead atoms. The van der Waals surface area contributed by atoms with Crippen LogP contribution in [0.3, 0.4) is 0 Å². The first-order valence-electron chi connectivity index (χ1n) is 5.54. The van der Waals surface area contributed by atoms with E-state index < -0.39 is 0 Å². The Morgan fingerprint density at radius 1 is 1.62 bits per heavy atom. The van der Waals surface area contributed by atoms with Gasteiger partial charge >= 0.3 is 0 Å². The molecular formula is C12H23N. The third kappa shape index (κ3) is 3.51. The number of nitrogens with two attached hydrogens (primary N) is 1. The van der Waals surface area contributed by atoms with Gasteiger partial charge in [0.05, 0.1) is 0 Å². The fraction of sp³-hybridized carbons (Fsp3) is 0.833. The van der Waals surface area contributed by atoms with E-state index in [1.165, 1.54) is 19.3 Å². The maximum absolute atomic E-state index is 5.98. The smallest absolute Gasteiger partial charge is 0.00389 e.